The molecule has 5 nitrogen and oxygen atoms in total. The van der Waals surface area contributed by atoms with E-state index < -0.39 is 0 Å². The monoisotopic (exact) mass is 292 g/mol. The third kappa shape index (κ3) is 6.29. The molecule has 0 aromatic heterocycles. The van der Waals surface area contributed by atoms with E-state index in [0.29, 0.717) is 12.3 Å². The highest BCUT2D eigenvalue weighted by atomic mass is 16.5. The summed E-state index contributed by atoms with van der Waals surface area (Å²) in [5.41, 5.74) is 1.13. The summed E-state index contributed by atoms with van der Waals surface area (Å²) in [5, 5.41) is 2.77. The van der Waals surface area contributed by atoms with Gasteiger partial charge in [0.15, 0.2) is 6.61 Å². The minimum Gasteiger partial charge on any atom is -0.484 e. The van der Waals surface area contributed by atoms with Crippen molar-refractivity contribution in [1.29, 1.82) is 0 Å². The molecular formula is C16H24N2O3. The van der Waals surface area contributed by atoms with Crippen LogP contribution in [0.2, 0.25) is 0 Å². The first-order valence-electron chi connectivity index (χ1n) is 7.19. The second-order valence-corrected chi connectivity index (χ2v) is 5.23. The second kappa shape index (κ2) is 8.29. The molecule has 0 radical (unpaired) electrons. The first-order valence-corrected chi connectivity index (χ1v) is 7.19. The maximum absolute atomic E-state index is 12.1. The lowest BCUT2D eigenvalue weighted by Crippen LogP contribution is -2.44. The molecule has 1 N–H and O–H groups in total. The lowest BCUT2D eigenvalue weighted by atomic mass is 10.2. The predicted octanol–water partition coefficient (Wildman–Crippen LogP) is 1.75. The number of benzene rings is 1. The zero-order valence-electron chi connectivity index (χ0n) is 13.2. The van der Waals surface area contributed by atoms with Crippen molar-refractivity contribution < 1.29 is 14.3 Å². The third-order valence-corrected chi connectivity index (χ3v) is 2.90. The van der Waals surface area contributed by atoms with Crippen LogP contribution in [0.3, 0.4) is 0 Å². The molecule has 0 saturated carbocycles. The van der Waals surface area contributed by atoms with Crippen LogP contribution in [0.4, 0.5) is 0 Å². The zero-order chi connectivity index (χ0) is 15.8. The number of rotatable bonds is 7. The summed E-state index contributed by atoms with van der Waals surface area (Å²) < 4.78 is 5.45. The summed E-state index contributed by atoms with van der Waals surface area (Å²) in [6.45, 7) is 8.07. The first-order chi connectivity index (χ1) is 9.92. The molecule has 0 atom stereocenters. The molecule has 0 fully saturated rings. The van der Waals surface area contributed by atoms with Crippen molar-refractivity contribution in [2.45, 2.75) is 33.7 Å². The highest BCUT2D eigenvalue weighted by molar-refractivity contribution is 5.85. The molecule has 2 amide bonds. The van der Waals surface area contributed by atoms with Gasteiger partial charge in [-0.05, 0) is 39.8 Å². The maximum Gasteiger partial charge on any atom is 0.260 e. The van der Waals surface area contributed by atoms with E-state index in [2.05, 4.69) is 5.32 Å². The summed E-state index contributed by atoms with van der Waals surface area (Å²) in [6, 6.07) is 7.56. The van der Waals surface area contributed by atoms with Crippen molar-refractivity contribution in [3.8, 4) is 5.75 Å². The number of hydrogen-bond acceptors (Lipinski definition) is 3. The van der Waals surface area contributed by atoms with E-state index in [0.717, 1.165) is 5.56 Å². The number of carbonyl (C=O) groups is 2. The smallest absolute Gasteiger partial charge is 0.260 e. The standard InChI is InChI=1S/C16H24N2O3/c1-5-18(10-15(19)17-12(2)3)16(20)11-21-14-8-6-13(4)7-9-14/h6-9,12H,5,10-11H2,1-4H3,(H,17,19). The normalized spacial score (nSPS) is 10.3. The lowest BCUT2D eigenvalue weighted by molar-refractivity contribution is -0.137. The largest absolute Gasteiger partial charge is 0.484 e. The Morgan fingerprint density at radius 2 is 1.86 bits per heavy atom. The van der Waals surface area contributed by atoms with Crippen LogP contribution in [0, 0.1) is 6.92 Å². The number of nitrogens with one attached hydrogen (secondary N) is 1. The summed E-state index contributed by atoms with van der Waals surface area (Å²) in [6.07, 6.45) is 0. The van der Waals surface area contributed by atoms with Crippen molar-refractivity contribution in [3.05, 3.63) is 29.8 Å². The van der Waals surface area contributed by atoms with Crippen LogP contribution in [-0.4, -0.2) is 42.5 Å². The summed E-state index contributed by atoms with van der Waals surface area (Å²) in [7, 11) is 0. The Kier molecular flexibility index (Phi) is 6.72. The number of likely N-dealkylation sites (N-methyl/N-ethyl adjacent to an activating group) is 1. The van der Waals surface area contributed by atoms with Crippen molar-refractivity contribution in [3.63, 3.8) is 0 Å². The van der Waals surface area contributed by atoms with Gasteiger partial charge in [-0.2, -0.15) is 0 Å². The van der Waals surface area contributed by atoms with E-state index in [-0.39, 0.29) is 31.0 Å². The van der Waals surface area contributed by atoms with Gasteiger partial charge in [0.25, 0.3) is 5.91 Å². The van der Waals surface area contributed by atoms with Gasteiger partial charge in [0.05, 0.1) is 6.54 Å². The number of nitrogens with zero attached hydrogens (tertiary/aromatic N) is 1. The Balaban J connectivity index is 2.47. The molecule has 0 aliphatic carbocycles. The van der Waals surface area contributed by atoms with E-state index in [9.17, 15) is 9.59 Å². The predicted molar refractivity (Wildman–Crippen MR) is 82.2 cm³/mol. The van der Waals surface area contributed by atoms with Crippen LogP contribution < -0.4 is 10.1 Å². The van der Waals surface area contributed by atoms with E-state index >= 15 is 0 Å². The van der Waals surface area contributed by atoms with Crippen molar-refractivity contribution >= 4 is 11.8 Å². The van der Waals surface area contributed by atoms with Gasteiger partial charge < -0.3 is 15.0 Å². The average Bonchev–Trinajstić information content (AvgIpc) is 2.43. The molecular weight excluding hydrogens is 268 g/mol. The lowest BCUT2D eigenvalue weighted by Gasteiger charge is -2.21. The molecule has 1 aromatic rings. The number of aryl methyl sites for hydroxylation is 1. The number of ether oxygens (including phenoxy) is 1. The van der Waals surface area contributed by atoms with Crippen LogP contribution in [0.25, 0.3) is 0 Å². The summed E-state index contributed by atoms with van der Waals surface area (Å²) >= 11 is 0. The third-order valence-electron chi connectivity index (χ3n) is 2.90. The molecule has 0 aliphatic rings. The van der Waals surface area contributed by atoms with Gasteiger partial charge in [-0.3, -0.25) is 9.59 Å². The average molecular weight is 292 g/mol. The van der Waals surface area contributed by atoms with Gasteiger partial charge in [-0.25, -0.2) is 0 Å². The van der Waals surface area contributed by atoms with Gasteiger partial charge in [-0.1, -0.05) is 17.7 Å². The zero-order valence-corrected chi connectivity index (χ0v) is 13.2. The molecule has 0 spiro atoms. The topological polar surface area (TPSA) is 58.6 Å². The van der Waals surface area contributed by atoms with Gasteiger partial charge in [0, 0.05) is 12.6 Å². The fraction of sp³-hybridized carbons (Fsp3) is 0.500. The summed E-state index contributed by atoms with van der Waals surface area (Å²) in [4.78, 5) is 25.2. The fourth-order valence-electron chi connectivity index (χ4n) is 1.79. The van der Waals surface area contributed by atoms with Crippen LogP contribution in [0.1, 0.15) is 26.3 Å². The fourth-order valence-corrected chi connectivity index (χ4v) is 1.79. The highest BCUT2D eigenvalue weighted by Gasteiger charge is 2.16. The van der Waals surface area contributed by atoms with Crippen LogP contribution in [0.15, 0.2) is 24.3 Å². The maximum atomic E-state index is 12.1. The van der Waals surface area contributed by atoms with Gasteiger partial charge in [0.1, 0.15) is 5.75 Å². The highest BCUT2D eigenvalue weighted by Crippen LogP contribution is 2.11. The minimum atomic E-state index is -0.197. The van der Waals surface area contributed by atoms with Gasteiger partial charge >= 0.3 is 0 Å². The Morgan fingerprint density at radius 1 is 1.24 bits per heavy atom. The molecule has 0 bridgehead atoms. The van der Waals surface area contributed by atoms with E-state index in [4.69, 9.17) is 4.74 Å². The Bertz CT molecular complexity index is 469. The quantitative estimate of drug-likeness (QED) is 0.833. The Labute approximate surface area is 126 Å². The second-order valence-electron chi connectivity index (χ2n) is 5.23. The van der Waals surface area contributed by atoms with Crippen molar-refractivity contribution in [1.82, 2.24) is 10.2 Å². The number of hydrogen-bond donors (Lipinski definition) is 1. The molecule has 0 unspecified atom stereocenters. The molecule has 0 aliphatic heterocycles. The van der Waals surface area contributed by atoms with E-state index in [1.54, 1.807) is 0 Å². The Hall–Kier alpha value is -2.04. The molecule has 1 rings (SSSR count). The SMILES string of the molecule is CCN(CC(=O)NC(C)C)C(=O)COc1ccc(C)cc1. The van der Waals surface area contributed by atoms with Crippen LogP contribution >= 0.6 is 0 Å². The molecule has 0 saturated heterocycles. The van der Waals surface area contributed by atoms with Crippen molar-refractivity contribution in [2.75, 3.05) is 19.7 Å². The van der Waals surface area contributed by atoms with E-state index in [1.165, 1.54) is 4.90 Å². The number of carbonyl (C=O) groups excluding carboxylic acids is 2. The molecule has 21 heavy (non-hydrogen) atoms. The van der Waals surface area contributed by atoms with Crippen LogP contribution in [0.5, 0.6) is 5.75 Å². The molecule has 1 aromatic carbocycles. The van der Waals surface area contributed by atoms with Gasteiger partial charge in [-0.15, -0.1) is 0 Å². The first kappa shape index (κ1) is 17.0. The van der Waals surface area contributed by atoms with Crippen LogP contribution in [-0.2, 0) is 9.59 Å². The Morgan fingerprint density at radius 3 is 2.38 bits per heavy atom. The van der Waals surface area contributed by atoms with Gasteiger partial charge in [0.2, 0.25) is 5.91 Å². The number of amides is 2. The summed E-state index contributed by atoms with van der Waals surface area (Å²) in [5.74, 6) is 0.296. The van der Waals surface area contributed by atoms with Crippen molar-refractivity contribution in [2.24, 2.45) is 0 Å². The molecule has 116 valence electrons. The van der Waals surface area contributed by atoms with E-state index in [1.807, 2.05) is 52.0 Å². The minimum absolute atomic E-state index is 0.0603. The molecule has 5 heteroatoms. The molecule has 0 heterocycles.